The normalized spacial score (nSPS) is 16.5. The fourth-order valence-corrected chi connectivity index (χ4v) is 4.86. The number of rotatable bonds is 8. The highest BCUT2D eigenvalue weighted by Gasteiger charge is 2.53. The van der Waals surface area contributed by atoms with Crippen molar-refractivity contribution in [3.63, 3.8) is 0 Å². The summed E-state index contributed by atoms with van der Waals surface area (Å²) in [7, 11) is -2.32. The number of carbonyl (C=O) groups excluding carboxylic acids is 1. The van der Waals surface area contributed by atoms with E-state index in [2.05, 4.69) is 5.32 Å². The molecule has 168 valence electrons. The molecule has 0 spiro atoms. The highest BCUT2D eigenvalue weighted by molar-refractivity contribution is 7.91. The average molecular weight is 455 g/mol. The van der Waals surface area contributed by atoms with Crippen molar-refractivity contribution < 1.29 is 31.1 Å². The second-order valence-corrected chi connectivity index (χ2v) is 9.94. The maximum atomic E-state index is 13.3. The first-order valence-corrected chi connectivity index (χ1v) is 11.4. The smallest absolute Gasteiger partial charge is 0.364 e. The number of nitrogens with one attached hydrogen (secondary N) is 1. The fourth-order valence-electron chi connectivity index (χ4n) is 3.17. The second kappa shape index (κ2) is 8.63. The molecule has 1 fully saturated rings. The summed E-state index contributed by atoms with van der Waals surface area (Å²) in [6, 6.07) is 11.5. The van der Waals surface area contributed by atoms with Crippen LogP contribution in [-0.4, -0.2) is 33.4 Å². The van der Waals surface area contributed by atoms with E-state index in [-0.39, 0.29) is 34.5 Å². The summed E-state index contributed by atoms with van der Waals surface area (Å²) < 4.78 is 69.1. The molecule has 1 aliphatic rings. The lowest BCUT2D eigenvalue weighted by atomic mass is 9.95. The molecular formula is C22H24F3NO4S. The summed E-state index contributed by atoms with van der Waals surface area (Å²) >= 11 is 0. The number of carbonyl (C=O) groups is 1. The van der Waals surface area contributed by atoms with Crippen molar-refractivity contribution in [3.8, 4) is 0 Å². The number of halogens is 3. The Morgan fingerprint density at radius 1 is 1.06 bits per heavy atom. The average Bonchev–Trinajstić information content (AvgIpc) is 3.50. The van der Waals surface area contributed by atoms with Gasteiger partial charge in [-0.1, -0.05) is 24.3 Å². The minimum absolute atomic E-state index is 0.00302. The van der Waals surface area contributed by atoms with Crippen LogP contribution in [0, 0.1) is 5.92 Å². The fraction of sp³-hybridized carbons (Fsp3) is 0.409. The van der Waals surface area contributed by atoms with Crippen molar-refractivity contribution in [1.29, 1.82) is 0 Å². The van der Waals surface area contributed by atoms with Gasteiger partial charge in [-0.3, -0.25) is 4.79 Å². The van der Waals surface area contributed by atoms with Crippen LogP contribution in [0.2, 0.25) is 0 Å². The van der Waals surface area contributed by atoms with Crippen molar-refractivity contribution in [2.24, 2.45) is 5.92 Å². The van der Waals surface area contributed by atoms with E-state index in [0.29, 0.717) is 11.3 Å². The SMILES string of the molecule is COC(C)(c1ccc(NC(=O)Cc2ccc(S(=O)(=O)CC3CC3)cc2)cc1)C(F)(F)F. The van der Waals surface area contributed by atoms with Gasteiger partial charge in [0.2, 0.25) is 5.91 Å². The van der Waals surface area contributed by atoms with E-state index in [0.717, 1.165) is 26.9 Å². The molecule has 1 aliphatic carbocycles. The molecule has 0 bridgehead atoms. The van der Waals surface area contributed by atoms with Crippen LogP contribution in [0.4, 0.5) is 18.9 Å². The molecule has 1 atom stereocenters. The van der Waals surface area contributed by atoms with Gasteiger partial charge in [-0.2, -0.15) is 13.2 Å². The molecule has 2 aromatic rings. The van der Waals surface area contributed by atoms with E-state index in [1.54, 1.807) is 12.1 Å². The van der Waals surface area contributed by atoms with E-state index in [1.165, 1.54) is 36.4 Å². The van der Waals surface area contributed by atoms with Crippen LogP contribution in [0.3, 0.4) is 0 Å². The highest BCUT2D eigenvalue weighted by atomic mass is 32.2. The molecule has 0 saturated heterocycles. The number of anilines is 1. The first-order chi connectivity index (χ1) is 14.4. The third kappa shape index (κ3) is 5.46. The predicted octanol–water partition coefficient (Wildman–Crippen LogP) is 4.48. The zero-order valence-corrected chi connectivity index (χ0v) is 18.0. The van der Waals surface area contributed by atoms with E-state index in [9.17, 15) is 26.4 Å². The lowest BCUT2D eigenvalue weighted by Crippen LogP contribution is -2.41. The van der Waals surface area contributed by atoms with Crippen molar-refractivity contribution >= 4 is 21.4 Å². The van der Waals surface area contributed by atoms with Gasteiger partial charge in [0.15, 0.2) is 15.4 Å². The van der Waals surface area contributed by atoms with Crippen molar-refractivity contribution in [2.75, 3.05) is 18.2 Å². The van der Waals surface area contributed by atoms with Crippen LogP contribution >= 0.6 is 0 Å². The van der Waals surface area contributed by atoms with Gasteiger partial charge in [-0.15, -0.1) is 0 Å². The van der Waals surface area contributed by atoms with Crippen molar-refractivity contribution in [1.82, 2.24) is 0 Å². The molecular weight excluding hydrogens is 431 g/mol. The zero-order valence-electron chi connectivity index (χ0n) is 17.2. The monoisotopic (exact) mass is 455 g/mol. The number of hydrogen-bond acceptors (Lipinski definition) is 4. The standard InChI is InChI=1S/C22H24F3NO4S/c1-21(30-2,22(23,24)25)17-7-9-18(10-8-17)26-20(27)13-15-5-11-19(12-6-15)31(28,29)14-16-3-4-16/h5-12,16H,3-4,13-14H2,1-2H3,(H,26,27). The quantitative estimate of drug-likeness (QED) is 0.637. The van der Waals surface area contributed by atoms with E-state index in [1.807, 2.05) is 0 Å². The number of hydrogen-bond donors (Lipinski definition) is 1. The largest absolute Gasteiger partial charge is 0.421 e. The molecule has 2 aromatic carbocycles. The molecule has 1 N–H and O–H groups in total. The molecule has 1 unspecified atom stereocenters. The Morgan fingerprint density at radius 2 is 1.65 bits per heavy atom. The third-order valence-corrected chi connectivity index (χ3v) is 7.37. The first kappa shape index (κ1) is 23.3. The van der Waals surface area contributed by atoms with Gasteiger partial charge in [0.1, 0.15) is 0 Å². The summed E-state index contributed by atoms with van der Waals surface area (Å²) in [5.41, 5.74) is -1.55. The maximum Gasteiger partial charge on any atom is 0.421 e. The van der Waals surface area contributed by atoms with E-state index < -0.39 is 21.6 Å². The summed E-state index contributed by atoms with van der Waals surface area (Å²) in [6.45, 7) is 0.940. The minimum Gasteiger partial charge on any atom is -0.364 e. The zero-order chi connectivity index (χ0) is 22.9. The summed E-state index contributed by atoms with van der Waals surface area (Å²) in [5.74, 6) is 0.0330. The van der Waals surface area contributed by atoms with Gasteiger partial charge in [0.05, 0.1) is 17.1 Å². The molecule has 3 rings (SSSR count). The number of amides is 1. The Hall–Kier alpha value is -2.39. The molecule has 5 nitrogen and oxygen atoms in total. The van der Waals surface area contributed by atoms with Crippen LogP contribution in [0.15, 0.2) is 53.4 Å². The van der Waals surface area contributed by atoms with E-state index >= 15 is 0 Å². The molecule has 1 saturated carbocycles. The Bertz CT molecular complexity index is 1030. The first-order valence-electron chi connectivity index (χ1n) is 9.78. The van der Waals surface area contributed by atoms with Gasteiger partial charge in [0.25, 0.3) is 0 Å². The number of methoxy groups -OCH3 is 1. The Labute approximate surface area is 179 Å². The number of ether oxygens (including phenoxy) is 1. The summed E-state index contributed by atoms with van der Waals surface area (Å²) in [6.07, 6.45) is -2.70. The third-order valence-electron chi connectivity index (χ3n) is 5.47. The Kier molecular flexibility index (Phi) is 6.48. The molecule has 0 radical (unpaired) electrons. The minimum atomic E-state index is -4.59. The van der Waals surface area contributed by atoms with Gasteiger partial charge >= 0.3 is 6.18 Å². The Morgan fingerprint density at radius 3 is 2.13 bits per heavy atom. The molecule has 0 aliphatic heterocycles. The molecule has 1 amide bonds. The van der Waals surface area contributed by atoms with Gasteiger partial charge < -0.3 is 10.1 Å². The van der Waals surface area contributed by atoms with Gasteiger partial charge in [-0.25, -0.2) is 8.42 Å². The number of alkyl halides is 3. The Balaban J connectivity index is 1.62. The molecule has 31 heavy (non-hydrogen) atoms. The maximum absolute atomic E-state index is 13.3. The predicted molar refractivity (Wildman–Crippen MR) is 110 cm³/mol. The summed E-state index contributed by atoms with van der Waals surface area (Å²) in [4.78, 5) is 12.5. The lowest BCUT2D eigenvalue weighted by molar-refractivity contribution is -0.269. The van der Waals surface area contributed by atoms with Gasteiger partial charge in [-0.05, 0) is 61.1 Å². The number of sulfone groups is 1. The van der Waals surface area contributed by atoms with Crippen LogP contribution < -0.4 is 5.32 Å². The molecule has 0 aromatic heterocycles. The molecule has 0 heterocycles. The van der Waals surface area contributed by atoms with Crippen LogP contribution in [-0.2, 0) is 31.4 Å². The van der Waals surface area contributed by atoms with Crippen LogP contribution in [0.1, 0.15) is 30.9 Å². The number of benzene rings is 2. The summed E-state index contributed by atoms with van der Waals surface area (Å²) in [5, 5.41) is 2.63. The lowest BCUT2D eigenvalue weighted by Gasteiger charge is -2.31. The van der Waals surface area contributed by atoms with Crippen LogP contribution in [0.5, 0.6) is 0 Å². The molecule has 9 heteroatoms. The van der Waals surface area contributed by atoms with E-state index in [4.69, 9.17) is 4.74 Å². The van der Waals surface area contributed by atoms with Gasteiger partial charge in [0, 0.05) is 12.8 Å². The van der Waals surface area contributed by atoms with Crippen molar-refractivity contribution in [2.45, 2.75) is 42.9 Å². The highest BCUT2D eigenvalue weighted by Crippen LogP contribution is 2.41. The van der Waals surface area contributed by atoms with Crippen LogP contribution in [0.25, 0.3) is 0 Å². The van der Waals surface area contributed by atoms with Crippen molar-refractivity contribution in [3.05, 3.63) is 59.7 Å². The topological polar surface area (TPSA) is 72.5 Å². The second-order valence-electron chi connectivity index (χ2n) is 7.91.